The molecule has 0 radical (unpaired) electrons. The summed E-state index contributed by atoms with van der Waals surface area (Å²) < 4.78 is 4.64. The predicted molar refractivity (Wildman–Crippen MR) is 90.1 cm³/mol. The summed E-state index contributed by atoms with van der Waals surface area (Å²) in [6.45, 7) is 6.26. The first-order valence-corrected chi connectivity index (χ1v) is 9.21. The Morgan fingerprint density at radius 1 is 1.09 bits per heavy atom. The Labute approximate surface area is 140 Å². The molecule has 1 spiro atoms. The van der Waals surface area contributed by atoms with E-state index < -0.39 is 0 Å². The van der Waals surface area contributed by atoms with Gasteiger partial charge in [-0.3, -0.25) is 14.5 Å². The lowest BCUT2D eigenvalue weighted by molar-refractivity contribution is -0.144. The van der Waals surface area contributed by atoms with Crippen LogP contribution in [0, 0.1) is 0 Å². The number of likely N-dealkylation sites (tertiary alicyclic amines) is 2. The maximum Gasteiger partial charge on any atom is 0.306 e. The third kappa shape index (κ3) is 4.69. The van der Waals surface area contributed by atoms with Crippen molar-refractivity contribution in [3.8, 4) is 0 Å². The van der Waals surface area contributed by atoms with E-state index in [0.717, 1.165) is 26.1 Å². The van der Waals surface area contributed by atoms with E-state index in [9.17, 15) is 9.59 Å². The molecule has 2 aliphatic heterocycles. The number of esters is 1. The zero-order chi connectivity index (χ0) is 16.7. The monoisotopic (exact) mass is 324 g/mol. The highest BCUT2D eigenvalue weighted by atomic mass is 16.5. The van der Waals surface area contributed by atoms with E-state index in [1.807, 2.05) is 4.90 Å². The van der Waals surface area contributed by atoms with E-state index in [0.29, 0.717) is 0 Å². The predicted octanol–water partition coefficient (Wildman–Crippen LogP) is 2.59. The molecule has 2 rings (SSSR count). The Bertz CT molecular complexity index is 413. The van der Waals surface area contributed by atoms with E-state index in [-0.39, 0.29) is 30.3 Å². The van der Waals surface area contributed by atoms with Crippen LogP contribution in [0.5, 0.6) is 0 Å². The fourth-order valence-electron chi connectivity index (χ4n) is 4.15. The molecular weight excluding hydrogens is 292 g/mol. The molecule has 2 aliphatic rings. The van der Waals surface area contributed by atoms with Crippen LogP contribution in [0.1, 0.15) is 64.7 Å². The van der Waals surface area contributed by atoms with Gasteiger partial charge in [0.15, 0.2) is 0 Å². The Morgan fingerprint density at radius 3 is 2.52 bits per heavy atom. The van der Waals surface area contributed by atoms with Crippen LogP contribution in [0.15, 0.2) is 0 Å². The third-order valence-electron chi connectivity index (χ3n) is 5.45. The molecular formula is C18H32N2O3. The fourth-order valence-corrected chi connectivity index (χ4v) is 4.15. The lowest BCUT2D eigenvalue weighted by atomic mass is 9.86. The SMILES string of the molecule is CCCCCN1CCC[C@@]12CCCN(C(=O)CCC(=O)OC)C2. The molecule has 0 unspecified atom stereocenters. The van der Waals surface area contributed by atoms with Crippen LogP contribution in [-0.2, 0) is 14.3 Å². The van der Waals surface area contributed by atoms with Gasteiger partial charge in [0.2, 0.25) is 5.91 Å². The van der Waals surface area contributed by atoms with Gasteiger partial charge < -0.3 is 9.64 Å². The number of piperidine rings is 1. The van der Waals surface area contributed by atoms with Gasteiger partial charge in [-0.25, -0.2) is 0 Å². The van der Waals surface area contributed by atoms with Gasteiger partial charge in [-0.2, -0.15) is 0 Å². The number of nitrogens with zero attached hydrogens (tertiary/aromatic N) is 2. The molecule has 2 fully saturated rings. The van der Waals surface area contributed by atoms with E-state index in [1.54, 1.807) is 0 Å². The van der Waals surface area contributed by atoms with Crippen molar-refractivity contribution in [1.82, 2.24) is 9.80 Å². The molecule has 0 bridgehead atoms. The van der Waals surface area contributed by atoms with Crippen molar-refractivity contribution in [3.63, 3.8) is 0 Å². The summed E-state index contributed by atoms with van der Waals surface area (Å²) >= 11 is 0. The molecule has 0 N–H and O–H groups in total. The maximum atomic E-state index is 12.4. The lowest BCUT2D eigenvalue weighted by Crippen LogP contribution is -2.57. The largest absolute Gasteiger partial charge is 0.469 e. The number of methoxy groups -OCH3 is 1. The van der Waals surface area contributed by atoms with Gasteiger partial charge in [-0.15, -0.1) is 0 Å². The van der Waals surface area contributed by atoms with Gasteiger partial charge in [0, 0.05) is 25.0 Å². The molecule has 2 saturated heterocycles. The Kier molecular flexibility index (Phi) is 6.88. The van der Waals surface area contributed by atoms with Crippen LogP contribution < -0.4 is 0 Å². The molecule has 0 saturated carbocycles. The number of hydrogen-bond acceptors (Lipinski definition) is 4. The molecule has 132 valence electrons. The van der Waals surface area contributed by atoms with Crippen molar-refractivity contribution in [2.24, 2.45) is 0 Å². The minimum absolute atomic E-state index is 0.106. The Hall–Kier alpha value is -1.10. The summed E-state index contributed by atoms with van der Waals surface area (Å²) in [5.74, 6) is -0.193. The molecule has 5 nitrogen and oxygen atoms in total. The summed E-state index contributed by atoms with van der Waals surface area (Å²) in [6, 6.07) is 0. The normalized spacial score (nSPS) is 25.0. The second-order valence-corrected chi connectivity index (χ2v) is 7.02. The van der Waals surface area contributed by atoms with Crippen LogP contribution in [0.2, 0.25) is 0 Å². The quantitative estimate of drug-likeness (QED) is 0.533. The van der Waals surface area contributed by atoms with Crippen molar-refractivity contribution in [3.05, 3.63) is 0 Å². The number of hydrogen-bond donors (Lipinski definition) is 0. The first-order valence-electron chi connectivity index (χ1n) is 9.21. The summed E-state index contributed by atoms with van der Waals surface area (Å²) in [5, 5.41) is 0. The van der Waals surface area contributed by atoms with Gasteiger partial charge in [0.05, 0.1) is 13.5 Å². The molecule has 1 amide bonds. The summed E-state index contributed by atoms with van der Waals surface area (Å²) in [7, 11) is 1.37. The number of amides is 1. The molecule has 1 atom stereocenters. The van der Waals surface area contributed by atoms with Crippen molar-refractivity contribution >= 4 is 11.9 Å². The molecule has 0 aromatic heterocycles. The van der Waals surface area contributed by atoms with Crippen LogP contribution in [0.4, 0.5) is 0 Å². The van der Waals surface area contributed by atoms with Crippen LogP contribution in [0.25, 0.3) is 0 Å². The minimum Gasteiger partial charge on any atom is -0.469 e. The van der Waals surface area contributed by atoms with Crippen molar-refractivity contribution in [2.45, 2.75) is 70.3 Å². The van der Waals surface area contributed by atoms with Gasteiger partial charge in [0.1, 0.15) is 0 Å². The van der Waals surface area contributed by atoms with Gasteiger partial charge >= 0.3 is 5.97 Å². The maximum absolute atomic E-state index is 12.4. The van der Waals surface area contributed by atoms with Crippen LogP contribution in [0.3, 0.4) is 0 Å². The summed E-state index contributed by atoms with van der Waals surface area (Å²) in [5.41, 5.74) is 0.201. The second kappa shape index (κ2) is 8.67. The van der Waals surface area contributed by atoms with Crippen molar-refractivity contribution in [1.29, 1.82) is 0 Å². The zero-order valence-electron chi connectivity index (χ0n) is 14.8. The standard InChI is InChI=1S/C18H32N2O3/c1-3-4-5-13-20-14-7-11-18(20)10-6-12-19(15-18)16(21)8-9-17(22)23-2/h3-15H2,1-2H3/t18-/m1/s1. The number of carbonyl (C=O) groups excluding carboxylic acids is 2. The highest BCUT2D eigenvalue weighted by molar-refractivity contribution is 5.81. The first-order chi connectivity index (χ1) is 11.1. The number of unbranched alkanes of at least 4 members (excludes halogenated alkanes) is 2. The topological polar surface area (TPSA) is 49.9 Å². The van der Waals surface area contributed by atoms with E-state index in [4.69, 9.17) is 0 Å². The lowest BCUT2D eigenvalue weighted by Gasteiger charge is -2.46. The Morgan fingerprint density at radius 2 is 1.83 bits per heavy atom. The van der Waals surface area contributed by atoms with Crippen LogP contribution in [-0.4, -0.2) is 60.5 Å². The van der Waals surface area contributed by atoms with Crippen molar-refractivity contribution in [2.75, 3.05) is 33.3 Å². The number of ether oxygens (including phenoxy) is 1. The van der Waals surface area contributed by atoms with Gasteiger partial charge in [-0.05, 0) is 45.2 Å². The van der Waals surface area contributed by atoms with Gasteiger partial charge in [0.25, 0.3) is 0 Å². The zero-order valence-corrected chi connectivity index (χ0v) is 14.8. The minimum atomic E-state index is -0.299. The van der Waals surface area contributed by atoms with E-state index in [2.05, 4.69) is 16.6 Å². The smallest absolute Gasteiger partial charge is 0.306 e. The highest BCUT2D eigenvalue weighted by Crippen LogP contribution is 2.37. The highest BCUT2D eigenvalue weighted by Gasteiger charge is 2.44. The molecule has 2 heterocycles. The Balaban J connectivity index is 1.90. The summed E-state index contributed by atoms with van der Waals surface area (Å²) in [6.07, 6.45) is 9.00. The number of carbonyl (C=O) groups is 2. The number of rotatable bonds is 7. The molecule has 0 aromatic carbocycles. The average Bonchev–Trinajstić information content (AvgIpc) is 2.94. The van der Waals surface area contributed by atoms with Crippen molar-refractivity contribution < 1.29 is 14.3 Å². The molecule has 23 heavy (non-hydrogen) atoms. The third-order valence-corrected chi connectivity index (χ3v) is 5.45. The first kappa shape index (κ1) is 18.2. The van der Waals surface area contributed by atoms with E-state index >= 15 is 0 Å². The molecule has 5 heteroatoms. The van der Waals surface area contributed by atoms with E-state index in [1.165, 1.54) is 52.2 Å². The van der Waals surface area contributed by atoms with Crippen LogP contribution >= 0.6 is 0 Å². The fraction of sp³-hybridized carbons (Fsp3) is 0.889. The second-order valence-electron chi connectivity index (χ2n) is 7.02. The summed E-state index contributed by atoms with van der Waals surface area (Å²) in [4.78, 5) is 28.3. The molecule has 0 aliphatic carbocycles. The molecule has 0 aromatic rings. The average molecular weight is 324 g/mol. The van der Waals surface area contributed by atoms with Gasteiger partial charge in [-0.1, -0.05) is 19.8 Å².